The van der Waals surface area contributed by atoms with Crippen molar-refractivity contribution in [2.45, 2.75) is 31.8 Å². The van der Waals surface area contributed by atoms with Crippen molar-refractivity contribution < 1.29 is 18.3 Å². The van der Waals surface area contributed by atoms with Crippen molar-refractivity contribution in [3.63, 3.8) is 0 Å². The van der Waals surface area contributed by atoms with Gasteiger partial charge in [-0.1, -0.05) is 0 Å². The van der Waals surface area contributed by atoms with Gasteiger partial charge in [-0.05, 0) is 40.9 Å². The lowest BCUT2D eigenvalue weighted by Crippen LogP contribution is -2.15. The predicted molar refractivity (Wildman–Crippen MR) is 66.4 cm³/mol. The average molecular weight is 319 g/mol. The molecular weight excluding hydrogens is 306 g/mol. The van der Waals surface area contributed by atoms with Crippen molar-refractivity contribution in [3.05, 3.63) is 33.8 Å². The smallest absolute Gasteiger partial charge is 0.143 e. The van der Waals surface area contributed by atoms with Gasteiger partial charge in [0.1, 0.15) is 17.4 Å². The van der Waals surface area contributed by atoms with E-state index in [4.69, 9.17) is 4.74 Å². The molecule has 0 spiro atoms. The lowest BCUT2D eigenvalue weighted by atomic mass is 10.0. The molecule has 0 radical (unpaired) electrons. The van der Waals surface area contributed by atoms with Gasteiger partial charge in [-0.2, -0.15) is 0 Å². The van der Waals surface area contributed by atoms with E-state index in [0.29, 0.717) is 6.61 Å². The van der Waals surface area contributed by atoms with Crippen LogP contribution in [0.15, 0.2) is 16.6 Å². The van der Waals surface area contributed by atoms with Crippen LogP contribution in [0.2, 0.25) is 0 Å². The SMILES string of the molecule is O=C(Cc1c(F)ccc(Br)c1F)CC1CCCO1. The fourth-order valence-electron chi connectivity index (χ4n) is 2.06. The van der Waals surface area contributed by atoms with Crippen LogP contribution in [0.3, 0.4) is 0 Å². The monoisotopic (exact) mass is 318 g/mol. The highest BCUT2D eigenvalue weighted by Crippen LogP contribution is 2.23. The first-order chi connectivity index (χ1) is 8.58. The molecule has 0 aliphatic carbocycles. The molecule has 1 unspecified atom stereocenters. The molecule has 1 aromatic rings. The molecule has 0 amide bonds. The van der Waals surface area contributed by atoms with E-state index in [1.54, 1.807) is 0 Å². The Hall–Kier alpha value is -0.810. The van der Waals surface area contributed by atoms with E-state index < -0.39 is 11.6 Å². The second-order valence-electron chi connectivity index (χ2n) is 4.38. The van der Waals surface area contributed by atoms with Crippen LogP contribution in [-0.4, -0.2) is 18.5 Å². The zero-order chi connectivity index (χ0) is 13.1. The molecule has 1 aliphatic rings. The summed E-state index contributed by atoms with van der Waals surface area (Å²) < 4.78 is 32.6. The summed E-state index contributed by atoms with van der Waals surface area (Å²) in [6.45, 7) is 0.664. The highest BCUT2D eigenvalue weighted by atomic mass is 79.9. The fourth-order valence-corrected chi connectivity index (χ4v) is 2.43. The van der Waals surface area contributed by atoms with E-state index in [-0.39, 0.29) is 34.8 Å². The Morgan fingerprint density at radius 1 is 1.44 bits per heavy atom. The molecule has 0 saturated carbocycles. The Morgan fingerprint density at radius 3 is 2.89 bits per heavy atom. The van der Waals surface area contributed by atoms with E-state index in [1.165, 1.54) is 6.07 Å². The second kappa shape index (κ2) is 5.89. The van der Waals surface area contributed by atoms with E-state index in [0.717, 1.165) is 18.9 Å². The molecular formula is C13H13BrF2O2. The number of carbonyl (C=O) groups excluding carboxylic acids is 1. The number of ketones is 1. The first-order valence-electron chi connectivity index (χ1n) is 5.83. The first-order valence-corrected chi connectivity index (χ1v) is 6.63. The fraction of sp³-hybridized carbons (Fsp3) is 0.462. The minimum atomic E-state index is -0.698. The number of rotatable bonds is 4. The van der Waals surface area contributed by atoms with Crippen LogP contribution < -0.4 is 0 Å². The first kappa shape index (κ1) is 13.6. The average Bonchev–Trinajstić information content (AvgIpc) is 2.82. The number of Topliss-reactive ketones (excluding diaryl/α,β-unsaturated/α-hetero) is 1. The number of hydrogen-bond acceptors (Lipinski definition) is 2. The molecule has 18 heavy (non-hydrogen) atoms. The number of halogens is 3. The van der Waals surface area contributed by atoms with Crippen LogP contribution in [0.4, 0.5) is 8.78 Å². The van der Waals surface area contributed by atoms with Gasteiger partial charge >= 0.3 is 0 Å². The topological polar surface area (TPSA) is 26.3 Å². The van der Waals surface area contributed by atoms with Crippen LogP contribution in [0, 0.1) is 11.6 Å². The molecule has 5 heteroatoms. The van der Waals surface area contributed by atoms with Crippen molar-refractivity contribution in [2.75, 3.05) is 6.61 Å². The van der Waals surface area contributed by atoms with Crippen molar-refractivity contribution in [1.82, 2.24) is 0 Å². The van der Waals surface area contributed by atoms with Gasteiger partial charge in [0.25, 0.3) is 0 Å². The van der Waals surface area contributed by atoms with Crippen LogP contribution in [0.5, 0.6) is 0 Å². The lowest BCUT2D eigenvalue weighted by Gasteiger charge is -2.09. The highest BCUT2D eigenvalue weighted by Gasteiger charge is 2.21. The van der Waals surface area contributed by atoms with Gasteiger partial charge in [0.2, 0.25) is 0 Å². The van der Waals surface area contributed by atoms with Crippen molar-refractivity contribution in [1.29, 1.82) is 0 Å². The molecule has 1 aromatic carbocycles. The summed E-state index contributed by atoms with van der Waals surface area (Å²) in [5.74, 6) is -1.58. The Balaban J connectivity index is 2.04. The zero-order valence-electron chi connectivity index (χ0n) is 9.72. The maximum absolute atomic E-state index is 13.7. The molecule has 2 nitrogen and oxygen atoms in total. The van der Waals surface area contributed by atoms with Gasteiger partial charge < -0.3 is 4.74 Å². The molecule has 1 heterocycles. The summed E-state index contributed by atoms with van der Waals surface area (Å²) in [6, 6.07) is 2.45. The lowest BCUT2D eigenvalue weighted by molar-refractivity contribution is -0.120. The van der Waals surface area contributed by atoms with E-state index >= 15 is 0 Å². The molecule has 98 valence electrons. The van der Waals surface area contributed by atoms with E-state index in [9.17, 15) is 13.6 Å². The van der Waals surface area contributed by atoms with Crippen molar-refractivity contribution >= 4 is 21.7 Å². The molecule has 1 atom stereocenters. The summed E-state index contributed by atoms with van der Waals surface area (Å²) in [5.41, 5.74) is -0.174. The molecule has 2 rings (SSSR count). The summed E-state index contributed by atoms with van der Waals surface area (Å²) in [4.78, 5) is 11.8. The Kier molecular flexibility index (Phi) is 4.45. The predicted octanol–water partition coefficient (Wildman–Crippen LogP) is 3.41. The third-order valence-corrected chi connectivity index (χ3v) is 3.60. The van der Waals surface area contributed by atoms with Gasteiger partial charge in [-0.3, -0.25) is 4.79 Å². The highest BCUT2D eigenvalue weighted by molar-refractivity contribution is 9.10. The van der Waals surface area contributed by atoms with Crippen LogP contribution >= 0.6 is 15.9 Å². The number of ether oxygens (including phenoxy) is 1. The van der Waals surface area contributed by atoms with Crippen LogP contribution in [-0.2, 0) is 16.0 Å². The molecule has 0 N–H and O–H groups in total. The molecule has 1 saturated heterocycles. The van der Waals surface area contributed by atoms with Gasteiger partial charge in [0.05, 0.1) is 10.6 Å². The van der Waals surface area contributed by atoms with Crippen LogP contribution in [0.1, 0.15) is 24.8 Å². The summed E-state index contributed by atoms with van der Waals surface area (Å²) in [5, 5.41) is 0. The quantitative estimate of drug-likeness (QED) is 0.795. The summed E-state index contributed by atoms with van der Waals surface area (Å²) >= 11 is 2.98. The van der Waals surface area contributed by atoms with Crippen molar-refractivity contribution in [3.8, 4) is 0 Å². The Morgan fingerprint density at radius 2 is 2.22 bits per heavy atom. The van der Waals surface area contributed by atoms with E-state index in [2.05, 4.69) is 15.9 Å². The van der Waals surface area contributed by atoms with Gasteiger partial charge in [-0.25, -0.2) is 8.78 Å². The standard InChI is InChI=1S/C13H13BrF2O2/c14-11-3-4-12(15)10(13(11)16)7-8(17)6-9-2-1-5-18-9/h3-4,9H,1-2,5-7H2. The van der Waals surface area contributed by atoms with E-state index in [1.807, 2.05) is 0 Å². The molecule has 0 bridgehead atoms. The number of benzene rings is 1. The molecule has 1 fully saturated rings. The third-order valence-electron chi connectivity index (χ3n) is 2.99. The van der Waals surface area contributed by atoms with Gasteiger partial charge in [0.15, 0.2) is 0 Å². The summed E-state index contributed by atoms with van der Waals surface area (Å²) in [7, 11) is 0. The molecule has 1 aliphatic heterocycles. The largest absolute Gasteiger partial charge is 0.378 e. The zero-order valence-corrected chi connectivity index (χ0v) is 11.3. The maximum Gasteiger partial charge on any atom is 0.143 e. The second-order valence-corrected chi connectivity index (χ2v) is 5.23. The Labute approximate surface area is 112 Å². The summed E-state index contributed by atoms with van der Waals surface area (Å²) in [6.07, 6.45) is 1.70. The number of hydrogen-bond donors (Lipinski definition) is 0. The normalized spacial score (nSPS) is 19.2. The molecule has 0 aromatic heterocycles. The third kappa shape index (κ3) is 3.14. The maximum atomic E-state index is 13.7. The minimum absolute atomic E-state index is 0.0872. The Bertz CT molecular complexity index is 457. The minimum Gasteiger partial charge on any atom is -0.378 e. The number of carbonyl (C=O) groups is 1. The van der Waals surface area contributed by atoms with Gasteiger partial charge in [-0.15, -0.1) is 0 Å². The van der Waals surface area contributed by atoms with Crippen LogP contribution in [0.25, 0.3) is 0 Å². The van der Waals surface area contributed by atoms with Gasteiger partial charge in [0, 0.05) is 25.0 Å². The van der Waals surface area contributed by atoms with Crippen molar-refractivity contribution in [2.24, 2.45) is 0 Å².